The van der Waals surface area contributed by atoms with E-state index in [1.54, 1.807) is 0 Å². The average Bonchev–Trinajstić information content (AvgIpc) is 2.10. The first-order chi connectivity index (χ1) is 6.06. The number of aromatic hydroxyl groups is 1. The maximum Gasteiger partial charge on any atom is 0.177 e. The van der Waals surface area contributed by atoms with Gasteiger partial charge in [-0.1, -0.05) is 15.9 Å². The number of nitrogens with two attached hydrogens (primary N) is 1. The van der Waals surface area contributed by atoms with Gasteiger partial charge >= 0.3 is 0 Å². The van der Waals surface area contributed by atoms with Crippen LogP contribution in [0.4, 0.5) is 10.1 Å². The van der Waals surface area contributed by atoms with E-state index in [0.29, 0.717) is 0 Å². The molecular formula is C8H7BrFNO2. The van der Waals surface area contributed by atoms with Crippen LogP contribution >= 0.6 is 15.9 Å². The molecule has 3 nitrogen and oxygen atoms in total. The molecule has 0 unspecified atom stereocenters. The number of carbonyl (C=O) groups is 1. The van der Waals surface area contributed by atoms with Gasteiger partial charge in [-0.05, 0) is 6.07 Å². The van der Waals surface area contributed by atoms with Gasteiger partial charge in [-0.3, -0.25) is 4.79 Å². The second-order valence-corrected chi connectivity index (χ2v) is 3.01. The molecule has 0 atom stereocenters. The van der Waals surface area contributed by atoms with Crippen LogP contribution in [-0.2, 0) is 0 Å². The van der Waals surface area contributed by atoms with E-state index in [-0.39, 0.29) is 22.3 Å². The van der Waals surface area contributed by atoms with Gasteiger partial charge < -0.3 is 10.8 Å². The lowest BCUT2D eigenvalue weighted by molar-refractivity contribution is 0.102. The summed E-state index contributed by atoms with van der Waals surface area (Å²) >= 11 is 2.91. The largest absolute Gasteiger partial charge is 0.507 e. The molecule has 1 aromatic carbocycles. The van der Waals surface area contributed by atoms with Crippen LogP contribution in [0.2, 0.25) is 0 Å². The van der Waals surface area contributed by atoms with Gasteiger partial charge in [-0.2, -0.15) is 0 Å². The molecule has 0 aliphatic carbocycles. The molecule has 70 valence electrons. The lowest BCUT2D eigenvalue weighted by atomic mass is 10.1. The summed E-state index contributed by atoms with van der Waals surface area (Å²) in [4.78, 5) is 11.1. The Labute approximate surface area is 82.5 Å². The van der Waals surface area contributed by atoms with Crippen LogP contribution in [0.25, 0.3) is 0 Å². The number of nitrogen functional groups attached to an aromatic ring is 1. The van der Waals surface area contributed by atoms with E-state index in [4.69, 9.17) is 5.73 Å². The molecule has 5 heteroatoms. The van der Waals surface area contributed by atoms with Gasteiger partial charge in [0, 0.05) is 6.07 Å². The zero-order chi connectivity index (χ0) is 10.0. The number of hydrogen-bond acceptors (Lipinski definition) is 3. The molecule has 0 amide bonds. The number of rotatable bonds is 2. The van der Waals surface area contributed by atoms with Crippen molar-refractivity contribution in [3.8, 4) is 5.75 Å². The van der Waals surface area contributed by atoms with Crippen molar-refractivity contribution in [3.63, 3.8) is 0 Å². The lowest BCUT2D eigenvalue weighted by Crippen LogP contribution is -2.02. The molecule has 0 spiro atoms. The molecule has 13 heavy (non-hydrogen) atoms. The Bertz CT molecular complexity index is 354. The Morgan fingerprint density at radius 1 is 1.62 bits per heavy atom. The van der Waals surface area contributed by atoms with Crippen LogP contribution in [0.15, 0.2) is 12.1 Å². The molecule has 0 fully saturated rings. The third-order valence-corrected chi connectivity index (χ3v) is 2.05. The number of Topliss-reactive ketones (excluding diaryl/α,β-unsaturated/α-hetero) is 1. The van der Waals surface area contributed by atoms with Gasteiger partial charge in [0.15, 0.2) is 5.78 Å². The summed E-state index contributed by atoms with van der Waals surface area (Å²) in [6.45, 7) is 0. The molecule has 1 rings (SSSR count). The summed E-state index contributed by atoms with van der Waals surface area (Å²) in [5, 5.41) is 9.26. The molecule has 0 saturated carbocycles. The van der Waals surface area contributed by atoms with E-state index in [1.807, 2.05) is 0 Å². The monoisotopic (exact) mass is 247 g/mol. The van der Waals surface area contributed by atoms with Crippen LogP contribution in [-0.4, -0.2) is 16.2 Å². The summed E-state index contributed by atoms with van der Waals surface area (Å²) in [7, 11) is 0. The molecule has 0 heterocycles. The van der Waals surface area contributed by atoms with Crippen molar-refractivity contribution in [2.24, 2.45) is 0 Å². The van der Waals surface area contributed by atoms with Crippen molar-refractivity contribution in [1.82, 2.24) is 0 Å². The summed E-state index contributed by atoms with van der Waals surface area (Å²) in [6.07, 6.45) is 0. The normalized spacial score (nSPS) is 10.0. The second kappa shape index (κ2) is 3.74. The van der Waals surface area contributed by atoms with E-state index >= 15 is 0 Å². The highest BCUT2D eigenvalue weighted by atomic mass is 79.9. The third-order valence-electron chi connectivity index (χ3n) is 1.54. The van der Waals surface area contributed by atoms with Gasteiger partial charge in [-0.15, -0.1) is 0 Å². The van der Waals surface area contributed by atoms with E-state index in [0.717, 1.165) is 12.1 Å². The van der Waals surface area contributed by atoms with Crippen molar-refractivity contribution >= 4 is 27.4 Å². The number of ketones is 1. The van der Waals surface area contributed by atoms with Crippen LogP contribution in [0.5, 0.6) is 5.75 Å². The van der Waals surface area contributed by atoms with Crippen molar-refractivity contribution in [1.29, 1.82) is 0 Å². The first-order valence-corrected chi connectivity index (χ1v) is 4.55. The summed E-state index contributed by atoms with van der Waals surface area (Å²) < 4.78 is 12.9. The van der Waals surface area contributed by atoms with Gasteiger partial charge in [0.1, 0.15) is 11.6 Å². The van der Waals surface area contributed by atoms with Crippen LogP contribution < -0.4 is 5.73 Å². The molecule has 0 radical (unpaired) electrons. The number of anilines is 1. The van der Waals surface area contributed by atoms with E-state index < -0.39 is 11.6 Å². The predicted molar refractivity (Wildman–Crippen MR) is 50.6 cm³/mol. The number of benzene rings is 1. The molecule has 1 aromatic rings. The highest BCUT2D eigenvalue weighted by molar-refractivity contribution is 9.09. The zero-order valence-electron chi connectivity index (χ0n) is 6.55. The Kier molecular flexibility index (Phi) is 2.87. The molecule has 3 N–H and O–H groups in total. The molecule has 0 bridgehead atoms. The standard InChI is InChI=1S/C8H7BrFNO2/c9-3-8(13)4-1-5(10)6(11)2-7(4)12/h1-2,12H,3,11H2. The van der Waals surface area contributed by atoms with Gasteiger partial charge in [0.25, 0.3) is 0 Å². The number of halogens is 2. The molecule has 0 aliphatic rings. The van der Waals surface area contributed by atoms with Gasteiger partial charge in [-0.25, -0.2) is 4.39 Å². The van der Waals surface area contributed by atoms with E-state index in [2.05, 4.69) is 15.9 Å². The number of phenolic OH excluding ortho intramolecular Hbond substituents is 1. The van der Waals surface area contributed by atoms with Crippen molar-refractivity contribution in [2.75, 3.05) is 11.1 Å². The Balaban J connectivity index is 3.23. The Hall–Kier alpha value is -1.10. The predicted octanol–water partition coefficient (Wildman–Crippen LogP) is 1.69. The summed E-state index contributed by atoms with van der Waals surface area (Å²) in [6, 6.07) is 1.94. The summed E-state index contributed by atoms with van der Waals surface area (Å²) in [5.74, 6) is -1.40. The minimum Gasteiger partial charge on any atom is -0.507 e. The number of phenols is 1. The molecular weight excluding hydrogens is 241 g/mol. The maximum atomic E-state index is 12.9. The zero-order valence-corrected chi connectivity index (χ0v) is 8.14. The smallest absolute Gasteiger partial charge is 0.177 e. The average molecular weight is 248 g/mol. The SMILES string of the molecule is Nc1cc(O)c(C(=O)CBr)cc1F. The number of carbonyl (C=O) groups excluding carboxylic acids is 1. The minimum atomic E-state index is -0.706. The van der Waals surface area contributed by atoms with Crippen molar-refractivity contribution < 1.29 is 14.3 Å². The third kappa shape index (κ3) is 1.98. The van der Waals surface area contributed by atoms with Gasteiger partial charge in [0.2, 0.25) is 0 Å². The van der Waals surface area contributed by atoms with E-state index in [9.17, 15) is 14.3 Å². The first kappa shape index (κ1) is 9.98. The topological polar surface area (TPSA) is 63.3 Å². The maximum absolute atomic E-state index is 12.9. The van der Waals surface area contributed by atoms with Crippen molar-refractivity contribution in [2.45, 2.75) is 0 Å². The number of alkyl halides is 1. The Morgan fingerprint density at radius 3 is 2.77 bits per heavy atom. The highest BCUT2D eigenvalue weighted by Crippen LogP contribution is 2.23. The highest BCUT2D eigenvalue weighted by Gasteiger charge is 2.12. The quantitative estimate of drug-likeness (QED) is 0.475. The van der Waals surface area contributed by atoms with Crippen molar-refractivity contribution in [3.05, 3.63) is 23.5 Å². The Morgan fingerprint density at radius 2 is 2.23 bits per heavy atom. The summed E-state index contributed by atoms with van der Waals surface area (Å²) in [5.41, 5.74) is 4.93. The minimum absolute atomic E-state index is 0.0317. The lowest BCUT2D eigenvalue weighted by Gasteiger charge is -2.03. The van der Waals surface area contributed by atoms with Crippen LogP contribution in [0.1, 0.15) is 10.4 Å². The molecule has 0 aromatic heterocycles. The molecule has 0 aliphatic heterocycles. The van der Waals surface area contributed by atoms with Crippen LogP contribution in [0, 0.1) is 5.82 Å². The fourth-order valence-electron chi connectivity index (χ4n) is 0.873. The van der Waals surface area contributed by atoms with E-state index in [1.165, 1.54) is 0 Å². The fraction of sp³-hybridized carbons (Fsp3) is 0.125. The fourth-order valence-corrected chi connectivity index (χ4v) is 1.18. The molecule has 0 saturated heterocycles. The second-order valence-electron chi connectivity index (χ2n) is 2.45. The number of hydrogen-bond donors (Lipinski definition) is 2. The van der Waals surface area contributed by atoms with Gasteiger partial charge in [0.05, 0.1) is 16.6 Å². The van der Waals surface area contributed by atoms with Crippen LogP contribution in [0.3, 0.4) is 0 Å². The first-order valence-electron chi connectivity index (χ1n) is 3.43.